The summed E-state index contributed by atoms with van der Waals surface area (Å²) in [5.74, 6) is 1.20. The predicted octanol–water partition coefficient (Wildman–Crippen LogP) is 2.93. The normalized spacial score (nSPS) is 16.9. The maximum absolute atomic E-state index is 9.31. The van der Waals surface area contributed by atoms with E-state index in [1.54, 1.807) is 12.1 Å². The van der Waals surface area contributed by atoms with Crippen LogP contribution in [-0.4, -0.2) is 39.4 Å². The molecule has 118 valence electrons. The number of aryl methyl sites for hydroxylation is 1. The summed E-state index contributed by atoms with van der Waals surface area (Å²) in [4.78, 5) is 2.55. The van der Waals surface area contributed by atoms with Gasteiger partial charge in [-0.2, -0.15) is 5.10 Å². The number of benzene rings is 1. The highest BCUT2D eigenvalue weighted by Crippen LogP contribution is 2.23. The first-order chi connectivity index (χ1) is 10.8. The van der Waals surface area contributed by atoms with Gasteiger partial charge in [0, 0.05) is 18.9 Å². The number of hydrogen-bond acceptors (Lipinski definition) is 3. The van der Waals surface area contributed by atoms with Gasteiger partial charge in [-0.25, -0.2) is 0 Å². The number of hydrogen-bond donors (Lipinski definition) is 1. The lowest BCUT2D eigenvalue weighted by molar-refractivity contribution is 0.172. The SMILES string of the molecule is Oc1ccc(CCC2CCN(CCn3cccn3)CC2)cc1. The summed E-state index contributed by atoms with van der Waals surface area (Å²) in [5.41, 5.74) is 1.33. The largest absolute Gasteiger partial charge is 0.508 e. The zero-order chi connectivity index (χ0) is 15.2. The number of nitrogens with zero attached hydrogens (tertiary/aromatic N) is 3. The van der Waals surface area contributed by atoms with E-state index in [9.17, 15) is 5.11 Å². The van der Waals surface area contributed by atoms with E-state index in [4.69, 9.17) is 0 Å². The third-order valence-corrected chi connectivity index (χ3v) is 4.69. The summed E-state index contributed by atoms with van der Waals surface area (Å²) in [6, 6.07) is 9.62. The quantitative estimate of drug-likeness (QED) is 0.891. The van der Waals surface area contributed by atoms with E-state index in [2.05, 4.69) is 10.00 Å². The van der Waals surface area contributed by atoms with Crippen molar-refractivity contribution in [1.29, 1.82) is 0 Å². The molecule has 4 heteroatoms. The maximum atomic E-state index is 9.31. The first kappa shape index (κ1) is 15.1. The van der Waals surface area contributed by atoms with Gasteiger partial charge in [-0.05, 0) is 68.5 Å². The maximum Gasteiger partial charge on any atom is 0.115 e. The summed E-state index contributed by atoms with van der Waals surface area (Å²) in [6.45, 7) is 4.51. The molecule has 0 atom stereocenters. The van der Waals surface area contributed by atoms with Crippen molar-refractivity contribution >= 4 is 0 Å². The van der Waals surface area contributed by atoms with Gasteiger partial charge in [0.2, 0.25) is 0 Å². The topological polar surface area (TPSA) is 41.3 Å². The fourth-order valence-corrected chi connectivity index (χ4v) is 3.21. The van der Waals surface area contributed by atoms with Gasteiger partial charge < -0.3 is 10.0 Å². The molecule has 1 N–H and O–H groups in total. The Morgan fingerprint density at radius 2 is 1.86 bits per heavy atom. The fraction of sp³-hybridized carbons (Fsp3) is 0.500. The smallest absolute Gasteiger partial charge is 0.115 e. The van der Waals surface area contributed by atoms with Crippen molar-refractivity contribution < 1.29 is 5.11 Å². The number of aromatic hydroxyl groups is 1. The van der Waals surface area contributed by atoms with Crippen LogP contribution in [0.4, 0.5) is 0 Å². The van der Waals surface area contributed by atoms with Gasteiger partial charge in [0.1, 0.15) is 5.75 Å². The molecule has 0 amide bonds. The predicted molar refractivity (Wildman–Crippen MR) is 87.8 cm³/mol. The molecule has 4 nitrogen and oxygen atoms in total. The van der Waals surface area contributed by atoms with Gasteiger partial charge in [-0.15, -0.1) is 0 Å². The Labute approximate surface area is 132 Å². The molecule has 0 spiro atoms. The summed E-state index contributed by atoms with van der Waals surface area (Å²) in [6.07, 6.45) is 8.87. The molecule has 2 aromatic rings. The van der Waals surface area contributed by atoms with Crippen LogP contribution in [0, 0.1) is 5.92 Å². The molecule has 0 radical (unpaired) electrons. The van der Waals surface area contributed by atoms with Crippen LogP contribution >= 0.6 is 0 Å². The van der Waals surface area contributed by atoms with E-state index in [1.807, 2.05) is 35.3 Å². The zero-order valence-corrected chi connectivity index (χ0v) is 13.1. The lowest BCUT2D eigenvalue weighted by Gasteiger charge is -2.31. The van der Waals surface area contributed by atoms with E-state index in [-0.39, 0.29) is 0 Å². The standard InChI is InChI=1S/C18H25N3O/c22-18-6-4-16(5-7-18)2-3-17-8-12-20(13-9-17)14-15-21-11-1-10-19-21/h1,4-7,10-11,17,22H,2-3,8-9,12-15H2. The molecule has 3 rings (SSSR count). The molecule has 0 saturated carbocycles. The Balaban J connectivity index is 1.35. The number of piperidine rings is 1. The molecule has 22 heavy (non-hydrogen) atoms. The van der Waals surface area contributed by atoms with Crippen LogP contribution in [-0.2, 0) is 13.0 Å². The summed E-state index contributed by atoms with van der Waals surface area (Å²) in [5, 5.41) is 13.6. The number of likely N-dealkylation sites (tertiary alicyclic amines) is 1. The average Bonchev–Trinajstić information content (AvgIpc) is 3.07. The Morgan fingerprint density at radius 3 is 2.55 bits per heavy atom. The van der Waals surface area contributed by atoms with Crippen molar-refractivity contribution in [1.82, 2.24) is 14.7 Å². The van der Waals surface area contributed by atoms with Crippen LogP contribution < -0.4 is 0 Å². The monoisotopic (exact) mass is 299 g/mol. The van der Waals surface area contributed by atoms with Gasteiger partial charge >= 0.3 is 0 Å². The Hall–Kier alpha value is -1.81. The highest BCUT2D eigenvalue weighted by molar-refractivity contribution is 5.25. The molecular weight excluding hydrogens is 274 g/mol. The first-order valence-electron chi connectivity index (χ1n) is 8.27. The molecule has 0 aliphatic carbocycles. The van der Waals surface area contributed by atoms with E-state index >= 15 is 0 Å². The second kappa shape index (κ2) is 7.45. The number of rotatable bonds is 6. The highest BCUT2D eigenvalue weighted by atomic mass is 16.3. The van der Waals surface area contributed by atoms with Crippen LogP contribution in [0.3, 0.4) is 0 Å². The van der Waals surface area contributed by atoms with Crippen molar-refractivity contribution in [3.63, 3.8) is 0 Å². The molecular formula is C18H25N3O. The molecule has 1 aliphatic heterocycles. The molecule has 1 aliphatic rings. The Morgan fingerprint density at radius 1 is 1.09 bits per heavy atom. The van der Waals surface area contributed by atoms with E-state index in [0.717, 1.165) is 25.4 Å². The van der Waals surface area contributed by atoms with E-state index < -0.39 is 0 Å². The van der Waals surface area contributed by atoms with Gasteiger partial charge in [-0.1, -0.05) is 12.1 Å². The lowest BCUT2D eigenvalue weighted by atomic mass is 9.90. The van der Waals surface area contributed by atoms with Crippen LogP contribution in [0.25, 0.3) is 0 Å². The van der Waals surface area contributed by atoms with Crippen LogP contribution in [0.15, 0.2) is 42.7 Å². The molecule has 1 fully saturated rings. The van der Waals surface area contributed by atoms with Crippen molar-refractivity contribution in [3.05, 3.63) is 48.3 Å². The van der Waals surface area contributed by atoms with Crippen molar-refractivity contribution in [2.24, 2.45) is 5.92 Å². The minimum Gasteiger partial charge on any atom is -0.508 e. The van der Waals surface area contributed by atoms with E-state index in [1.165, 1.54) is 37.9 Å². The summed E-state index contributed by atoms with van der Waals surface area (Å²) < 4.78 is 2.01. The first-order valence-corrected chi connectivity index (χ1v) is 8.27. The van der Waals surface area contributed by atoms with Crippen molar-refractivity contribution in [2.75, 3.05) is 19.6 Å². The van der Waals surface area contributed by atoms with Crippen molar-refractivity contribution in [2.45, 2.75) is 32.2 Å². The fourth-order valence-electron chi connectivity index (χ4n) is 3.21. The molecule has 1 aromatic carbocycles. The van der Waals surface area contributed by atoms with Gasteiger partial charge in [0.15, 0.2) is 0 Å². The third kappa shape index (κ3) is 4.34. The molecule has 0 bridgehead atoms. The lowest BCUT2D eigenvalue weighted by Crippen LogP contribution is -2.36. The van der Waals surface area contributed by atoms with Gasteiger partial charge in [-0.3, -0.25) is 4.68 Å². The van der Waals surface area contributed by atoms with Crippen LogP contribution in [0.1, 0.15) is 24.8 Å². The molecule has 2 heterocycles. The van der Waals surface area contributed by atoms with Crippen molar-refractivity contribution in [3.8, 4) is 5.75 Å². The third-order valence-electron chi connectivity index (χ3n) is 4.69. The summed E-state index contributed by atoms with van der Waals surface area (Å²) in [7, 11) is 0. The molecule has 1 saturated heterocycles. The van der Waals surface area contributed by atoms with E-state index in [0.29, 0.717) is 5.75 Å². The second-order valence-electron chi connectivity index (χ2n) is 6.26. The van der Waals surface area contributed by atoms with Gasteiger partial charge in [0.25, 0.3) is 0 Å². The van der Waals surface area contributed by atoms with Gasteiger partial charge in [0.05, 0.1) is 6.54 Å². The molecule has 1 aromatic heterocycles. The minimum absolute atomic E-state index is 0.356. The minimum atomic E-state index is 0.356. The zero-order valence-electron chi connectivity index (χ0n) is 13.1. The van der Waals surface area contributed by atoms with Crippen LogP contribution in [0.5, 0.6) is 5.75 Å². The average molecular weight is 299 g/mol. The number of phenols is 1. The summed E-state index contributed by atoms with van der Waals surface area (Å²) >= 11 is 0. The molecule has 0 unspecified atom stereocenters. The van der Waals surface area contributed by atoms with Crippen LogP contribution in [0.2, 0.25) is 0 Å². The number of aromatic nitrogens is 2. The second-order valence-corrected chi connectivity index (χ2v) is 6.26. The Bertz CT molecular complexity index is 542. The highest BCUT2D eigenvalue weighted by Gasteiger charge is 2.18. The number of phenolic OH excluding ortho intramolecular Hbond substituents is 1. The Kier molecular flexibility index (Phi) is 5.11.